The van der Waals surface area contributed by atoms with Gasteiger partial charge in [-0.3, -0.25) is 9.78 Å². The number of hydrogen-bond acceptors (Lipinski definition) is 5. The van der Waals surface area contributed by atoms with Crippen LogP contribution in [0.1, 0.15) is 16.1 Å². The average molecular weight is 323 g/mol. The first-order chi connectivity index (χ1) is 11.7. The van der Waals surface area contributed by atoms with Crippen LogP contribution >= 0.6 is 0 Å². The molecule has 0 radical (unpaired) electrons. The molecular weight excluding hydrogens is 309 g/mol. The minimum atomic E-state index is -0.409. The molecule has 1 aromatic carbocycles. The second kappa shape index (κ2) is 7.28. The number of benzene rings is 1. The molecule has 6 nitrogen and oxygen atoms in total. The zero-order valence-corrected chi connectivity index (χ0v) is 12.6. The molecule has 0 saturated heterocycles. The van der Waals surface area contributed by atoms with Crippen LogP contribution < -0.4 is 10.6 Å². The minimum Gasteiger partial charge on any atom is -0.365 e. The van der Waals surface area contributed by atoms with Gasteiger partial charge >= 0.3 is 0 Å². The number of amides is 1. The van der Waals surface area contributed by atoms with Crippen molar-refractivity contribution in [1.29, 1.82) is 0 Å². The molecule has 0 saturated carbocycles. The summed E-state index contributed by atoms with van der Waals surface area (Å²) in [5.74, 6) is -0.220. The van der Waals surface area contributed by atoms with Crippen molar-refractivity contribution in [3.8, 4) is 0 Å². The summed E-state index contributed by atoms with van der Waals surface area (Å²) < 4.78 is 12.8. The zero-order valence-electron chi connectivity index (χ0n) is 12.6. The fourth-order valence-electron chi connectivity index (χ4n) is 1.96. The molecule has 0 aliphatic rings. The molecule has 0 unspecified atom stereocenters. The summed E-state index contributed by atoms with van der Waals surface area (Å²) >= 11 is 0. The van der Waals surface area contributed by atoms with E-state index in [-0.39, 0.29) is 11.5 Å². The summed E-state index contributed by atoms with van der Waals surface area (Å²) in [6, 6.07) is 9.29. The maximum Gasteiger partial charge on any atom is 0.275 e. The molecule has 2 N–H and O–H groups in total. The van der Waals surface area contributed by atoms with Gasteiger partial charge in [-0.2, -0.15) is 0 Å². The monoisotopic (exact) mass is 323 g/mol. The number of pyridine rings is 1. The molecule has 2 aromatic heterocycles. The molecule has 3 aromatic rings. The SMILES string of the molecule is O=C(Nc1ccc(F)cc1)c1cnc(NCc2cccnc2)cn1. The first kappa shape index (κ1) is 15.5. The lowest BCUT2D eigenvalue weighted by atomic mass is 10.3. The second-order valence-corrected chi connectivity index (χ2v) is 4.96. The number of aromatic nitrogens is 3. The van der Waals surface area contributed by atoms with Gasteiger partial charge in [-0.25, -0.2) is 14.4 Å². The van der Waals surface area contributed by atoms with E-state index in [1.165, 1.54) is 36.7 Å². The van der Waals surface area contributed by atoms with Crippen LogP contribution in [0.2, 0.25) is 0 Å². The van der Waals surface area contributed by atoms with Crippen molar-refractivity contribution in [3.05, 3.63) is 78.3 Å². The van der Waals surface area contributed by atoms with Gasteiger partial charge in [-0.1, -0.05) is 6.07 Å². The van der Waals surface area contributed by atoms with E-state index in [2.05, 4.69) is 25.6 Å². The highest BCUT2D eigenvalue weighted by molar-refractivity contribution is 6.02. The number of anilines is 2. The number of carbonyl (C=O) groups is 1. The van der Waals surface area contributed by atoms with Gasteiger partial charge in [0.05, 0.1) is 12.4 Å². The van der Waals surface area contributed by atoms with E-state index >= 15 is 0 Å². The maximum atomic E-state index is 12.8. The Bertz CT molecular complexity index is 807. The quantitative estimate of drug-likeness (QED) is 0.755. The van der Waals surface area contributed by atoms with Gasteiger partial charge in [0, 0.05) is 24.6 Å². The molecular formula is C17H14FN5O. The summed E-state index contributed by atoms with van der Waals surface area (Å²) in [4.78, 5) is 24.3. The van der Waals surface area contributed by atoms with Crippen LogP contribution in [-0.4, -0.2) is 20.9 Å². The van der Waals surface area contributed by atoms with Crippen LogP contribution in [0, 0.1) is 5.82 Å². The maximum absolute atomic E-state index is 12.8. The van der Waals surface area contributed by atoms with E-state index in [1.807, 2.05) is 12.1 Å². The Labute approximate surface area is 137 Å². The van der Waals surface area contributed by atoms with Crippen molar-refractivity contribution in [2.45, 2.75) is 6.54 Å². The molecule has 7 heteroatoms. The van der Waals surface area contributed by atoms with Crippen molar-refractivity contribution in [2.75, 3.05) is 10.6 Å². The molecule has 120 valence electrons. The normalized spacial score (nSPS) is 10.2. The number of hydrogen-bond donors (Lipinski definition) is 2. The summed E-state index contributed by atoms with van der Waals surface area (Å²) in [6.07, 6.45) is 6.32. The zero-order chi connectivity index (χ0) is 16.8. The number of rotatable bonds is 5. The highest BCUT2D eigenvalue weighted by atomic mass is 19.1. The molecule has 0 aliphatic heterocycles. The van der Waals surface area contributed by atoms with Gasteiger partial charge in [-0.05, 0) is 35.9 Å². The number of carbonyl (C=O) groups excluding carboxylic acids is 1. The van der Waals surface area contributed by atoms with Crippen LogP contribution in [0.4, 0.5) is 15.9 Å². The molecule has 0 bridgehead atoms. The van der Waals surface area contributed by atoms with Gasteiger partial charge in [0.15, 0.2) is 0 Å². The summed E-state index contributed by atoms with van der Waals surface area (Å²) in [5.41, 5.74) is 1.67. The van der Waals surface area contributed by atoms with Gasteiger partial charge in [0.1, 0.15) is 17.3 Å². The van der Waals surface area contributed by atoms with Crippen LogP contribution in [0.15, 0.2) is 61.2 Å². The van der Waals surface area contributed by atoms with Crippen LogP contribution in [-0.2, 0) is 6.54 Å². The highest BCUT2D eigenvalue weighted by Gasteiger charge is 2.08. The molecule has 3 rings (SSSR count). The smallest absolute Gasteiger partial charge is 0.275 e. The predicted octanol–water partition coefficient (Wildman–Crippen LogP) is 2.88. The molecule has 0 fully saturated rings. The minimum absolute atomic E-state index is 0.172. The van der Waals surface area contributed by atoms with Crippen LogP contribution in [0.3, 0.4) is 0 Å². The molecule has 0 aliphatic carbocycles. The Hall–Kier alpha value is -3.35. The molecule has 0 spiro atoms. The Morgan fingerprint density at radius 3 is 2.54 bits per heavy atom. The van der Waals surface area contributed by atoms with Gasteiger partial charge in [0.2, 0.25) is 0 Å². The van der Waals surface area contributed by atoms with Crippen molar-refractivity contribution in [1.82, 2.24) is 15.0 Å². The lowest BCUT2D eigenvalue weighted by Crippen LogP contribution is -2.14. The molecule has 2 heterocycles. The van der Waals surface area contributed by atoms with Gasteiger partial charge < -0.3 is 10.6 Å². The van der Waals surface area contributed by atoms with Crippen molar-refractivity contribution in [3.63, 3.8) is 0 Å². The lowest BCUT2D eigenvalue weighted by Gasteiger charge is -2.07. The first-order valence-electron chi connectivity index (χ1n) is 7.22. The topological polar surface area (TPSA) is 79.8 Å². The lowest BCUT2D eigenvalue weighted by molar-refractivity contribution is 0.102. The largest absolute Gasteiger partial charge is 0.365 e. The van der Waals surface area contributed by atoms with Crippen molar-refractivity contribution in [2.24, 2.45) is 0 Å². The molecule has 1 amide bonds. The van der Waals surface area contributed by atoms with E-state index in [1.54, 1.807) is 12.4 Å². The standard InChI is InChI=1S/C17H14FN5O/c18-13-3-5-14(6-4-13)23-17(24)15-10-22-16(11-20-15)21-9-12-2-1-7-19-8-12/h1-8,10-11H,9H2,(H,21,22)(H,23,24). The molecule has 0 atom stereocenters. The second-order valence-electron chi connectivity index (χ2n) is 4.96. The number of nitrogens with one attached hydrogen (secondary N) is 2. The van der Waals surface area contributed by atoms with Crippen molar-refractivity contribution >= 4 is 17.4 Å². The summed E-state index contributed by atoms with van der Waals surface area (Å²) in [6.45, 7) is 0.559. The van der Waals surface area contributed by atoms with E-state index in [9.17, 15) is 9.18 Å². The van der Waals surface area contributed by atoms with Crippen molar-refractivity contribution < 1.29 is 9.18 Å². The highest BCUT2D eigenvalue weighted by Crippen LogP contribution is 2.10. The Balaban J connectivity index is 1.59. The first-order valence-corrected chi connectivity index (χ1v) is 7.22. The third kappa shape index (κ3) is 4.10. The summed E-state index contributed by atoms with van der Waals surface area (Å²) in [7, 11) is 0. The Morgan fingerprint density at radius 1 is 1.04 bits per heavy atom. The Kier molecular flexibility index (Phi) is 4.71. The third-order valence-corrected chi connectivity index (χ3v) is 3.18. The third-order valence-electron chi connectivity index (χ3n) is 3.18. The van der Waals surface area contributed by atoms with E-state index in [4.69, 9.17) is 0 Å². The Morgan fingerprint density at radius 2 is 1.88 bits per heavy atom. The predicted molar refractivity (Wildman–Crippen MR) is 87.9 cm³/mol. The fraction of sp³-hybridized carbons (Fsp3) is 0.0588. The van der Waals surface area contributed by atoms with Gasteiger partial charge in [0.25, 0.3) is 5.91 Å². The average Bonchev–Trinajstić information content (AvgIpc) is 2.63. The fourth-order valence-corrected chi connectivity index (χ4v) is 1.96. The van der Waals surface area contributed by atoms with Crippen LogP contribution in [0.5, 0.6) is 0 Å². The number of halogens is 1. The van der Waals surface area contributed by atoms with Gasteiger partial charge in [-0.15, -0.1) is 0 Å². The van der Waals surface area contributed by atoms with E-state index < -0.39 is 5.91 Å². The van der Waals surface area contributed by atoms with Crippen LogP contribution in [0.25, 0.3) is 0 Å². The van der Waals surface area contributed by atoms with E-state index in [0.717, 1.165) is 5.56 Å². The molecule has 24 heavy (non-hydrogen) atoms. The number of nitrogens with zero attached hydrogens (tertiary/aromatic N) is 3. The van der Waals surface area contributed by atoms with E-state index in [0.29, 0.717) is 18.1 Å². The summed E-state index contributed by atoms with van der Waals surface area (Å²) in [5, 5.41) is 5.72.